The highest BCUT2D eigenvalue weighted by Crippen LogP contribution is 2.23. The van der Waals surface area contributed by atoms with E-state index in [1.807, 2.05) is 0 Å². The highest BCUT2D eigenvalue weighted by molar-refractivity contribution is 5.88. The minimum absolute atomic E-state index is 0.760. The molecular weight excluding hydrogens is 304 g/mol. The predicted octanol–water partition coefficient (Wildman–Crippen LogP) is -5.14. The van der Waals surface area contributed by atoms with Crippen LogP contribution in [0.4, 0.5) is 0 Å². The minimum atomic E-state index is -2.22. The molecule has 8 N–H and O–H groups in total. The maximum atomic E-state index is 12.0. The largest absolute Gasteiger partial charge is 0.394 e. The Hall–Kier alpha value is -0.690. The van der Waals surface area contributed by atoms with Crippen LogP contribution < -0.4 is 0 Å². The number of aliphatic hydroxyl groups excluding tert-OH is 8. The van der Waals surface area contributed by atoms with Gasteiger partial charge in [-0.05, 0) is 6.92 Å². The molecule has 1 aliphatic rings. The van der Waals surface area contributed by atoms with Gasteiger partial charge in [-0.15, -0.1) is 0 Å². The van der Waals surface area contributed by atoms with E-state index in [1.165, 1.54) is 0 Å². The fourth-order valence-corrected chi connectivity index (χ4v) is 2.15. The van der Waals surface area contributed by atoms with E-state index < -0.39 is 67.3 Å². The molecule has 0 amide bonds. The van der Waals surface area contributed by atoms with E-state index in [9.17, 15) is 35.4 Å². The summed E-state index contributed by atoms with van der Waals surface area (Å²) < 4.78 is 4.93. The lowest BCUT2D eigenvalue weighted by Crippen LogP contribution is -2.63. The standard InChI is InChI=1S/C12H22O10/c1-3(14)5(15)7(17)9(19)11(21)12-10(20)8(18)6(16)4(2-13)22-12/h3-10,12-20H,2H2,1H3/t3-,4+,5-,6+,7+,8-,9+,10-,12?/m0/s1. The quantitative estimate of drug-likeness (QED) is 0.234. The predicted molar refractivity (Wildman–Crippen MR) is 68.5 cm³/mol. The molecule has 0 radical (unpaired) electrons. The molecule has 0 aromatic carbocycles. The molecule has 1 aliphatic heterocycles. The molecule has 0 aromatic heterocycles. The first-order valence-electron chi connectivity index (χ1n) is 6.70. The third-order valence-electron chi connectivity index (χ3n) is 3.63. The summed E-state index contributed by atoms with van der Waals surface area (Å²) in [5, 5.41) is 75.7. The van der Waals surface area contributed by atoms with Crippen molar-refractivity contribution < 1.29 is 50.4 Å². The molecule has 1 heterocycles. The molecule has 0 aromatic rings. The summed E-state index contributed by atoms with van der Waals surface area (Å²) in [6, 6.07) is 0. The van der Waals surface area contributed by atoms with Gasteiger partial charge in [-0.25, -0.2) is 0 Å². The highest BCUT2D eigenvalue weighted by Gasteiger charge is 2.49. The Bertz CT molecular complexity index is 373. The first-order valence-corrected chi connectivity index (χ1v) is 6.70. The molecule has 0 saturated carbocycles. The smallest absolute Gasteiger partial charge is 0.195 e. The third-order valence-corrected chi connectivity index (χ3v) is 3.63. The van der Waals surface area contributed by atoms with Crippen molar-refractivity contribution in [1.29, 1.82) is 0 Å². The Morgan fingerprint density at radius 2 is 1.55 bits per heavy atom. The van der Waals surface area contributed by atoms with Gasteiger partial charge in [-0.2, -0.15) is 0 Å². The van der Waals surface area contributed by atoms with Gasteiger partial charge in [-0.1, -0.05) is 0 Å². The average Bonchev–Trinajstić information content (AvgIpc) is 2.50. The first kappa shape index (κ1) is 19.4. The van der Waals surface area contributed by atoms with Crippen LogP contribution in [-0.4, -0.2) is 108 Å². The van der Waals surface area contributed by atoms with Gasteiger partial charge in [0.2, 0.25) is 0 Å². The fraction of sp³-hybridized carbons (Fsp3) is 0.917. The summed E-state index contributed by atoms with van der Waals surface area (Å²) in [4.78, 5) is 12.0. The zero-order chi connectivity index (χ0) is 17.2. The average molecular weight is 326 g/mol. The molecular formula is C12H22O10. The highest BCUT2D eigenvalue weighted by atomic mass is 16.5. The van der Waals surface area contributed by atoms with Crippen molar-refractivity contribution in [3.05, 3.63) is 0 Å². The van der Waals surface area contributed by atoms with Gasteiger partial charge in [0.25, 0.3) is 0 Å². The van der Waals surface area contributed by atoms with Crippen LogP contribution >= 0.6 is 0 Å². The van der Waals surface area contributed by atoms with Crippen molar-refractivity contribution in [2.24, 2.45) is 0 Å². The number of aliphatic hydroxyl groups is 8. The Balaban J connectivity index is 2.86. The van der Waals surface area contributed by atoms with Crippen LogP contribution in [0.1, 0.15) is 6.92 Å². The summed E-state index contributed by atoms with van der Waals surface area (Å²) >= 11 is 0. The lowest BCUT2D eigenvalue weighted by molar-refractivity contribution is -0.231. The number of carbonyl (C=O) groups excluding carboxylic acids is 1. The lowest BCUT2D eigenvalue weighted by Gasteiger charge is -2.40. The first-order chi connectivity index (χ1) is 10.1. The maximum Gasteiger partial charge on any atom is 0.195 e. The molecule has 22 heavy (non-hydrogen) atoms. The molecule has 0 spiro atoms. The van der Waals surface area contributed by atoms with E-state index in [-0.39, 0.29) is 0 Å². The van der Waals surface area contributed by atoms with Crippen molar-refractivity contribution in [1.82, 2.24) is 0 Å². The molecule has 10 nitrogen and oxygen atoms in total. The Morgan fingerprint density at radius 1 is 1.00 bits per heavy atom. The number of hydrogen-bond acceptors (Lipinski definition) is 10. The third kappa shape index (κ3) is 3.79. The fourth-order valence-electron chi connectivity index (χ4n) is 2.15. The Morgan fingerprint density at radius 3 is 2.00 bits per heavy atom. The number of carbonyl (C=O) groups is 1. The van der Waals surface area contributed by atoms with Gasteiger partial charge in [0, 0.05) is 0 Å². The number of hydrogen-bond donors (Lipinski definition) is 8. The Labute approximate surface area is 125 Å². The van der Waals surface area contributed by atoms with E-state index in [2.05, 4.69) is 0 Å². The van der Waals surface area contributed by atoms with Crippen LogP contribution in [-0.2, 0) is 9.53 Å². The molecule has 1 fully saturated rings. The van der Waals surface area contributed by atoms with Crippen molar-refractivity contribution in [3.63, 3.8) is 0 Å². The molecule has 1 saturated heterocycles. The van der Waals surface area contributed by atoms with Crippen molar-refractivity contribution in [2.45, 2.75) is 61.9 Å². The zero-order valence-electron chi connectivity index (χ0n) is 11.8. The summed E-state index contributed by atoms with van der Waals surface area (Å²) in [5.74, 6) is -1.27. The summed E-state index contributed by atoms with van der Waals surface area (Å²) in [7, 11) is 0. The summed E-state index contributed by atoms with van der Waals surface area (Å²) in [6.45, 7) is 0.364. The zero-order valence-corrected chi connectivity index (χ0v) is 11.8. The van der Waals surface area contributed by atoms with Crippen molar-refractivity contribution >= 4 is 5.78 Å². The number of rotatable bonds is 6. The molecule has 0 aliphatic carbocycles. The normalized spacial score (nSPS) is 38.1. The van der Waals surface area contributed by atoms with Gasteiger partial charge >= 0.3 is 0 Å². The topological polar surface area (TPSA) is 188 Å². The molecule has 10 heteroatoms. The van der Waals surface area contributed by atoms with Gasteiger partial charge in [-0.3, -0.25) is 4.79 Å². The molecule has 0 bridgehead atoms. The van der Waals surface area contributed by atoms with E-state index in [4.69, 9.17) is 14.9 Å². The number of ether oxygens (including phenoxy) is 1. The molecule has 1 unspecified atom stereocenters. The van der Waals surface area contributed by atoms with Crippen molar-refractivity contribution in [2.75, 3.05) is 6.61 Å². The second kappa shape index (κ2) is 7.73. The van der Waals surface area contributed by atoms with Gasteiger partial charge in [0.05, 0.1) is 12.7 Å². The Kier molecular flexibility index (Phi) is 6.80. The lowest BCUT2D eigenvalue weighted by atomic mass is 9.89. The van der Waals surface area contributed by atoms with Crippen LogP contribution in [0.5, 0.6) is 0 Å². The van der Waals surface area contributed by atoms with Crippen LogP contribution in [0.15, 0.2) is 0 Å². The van der Waals surface area contributed by atoms with E-state index in [0.717, 1.165) is 6.92 Å². The van der Waals surface area contributed by atoms with Gasteiger partial charge in [0.1, 0.15) is 48.8 Å². The van der Waals surface area contributed by atoms with Crippen LogP contribution in [0.25, 0.3) is 0 Å². The van der Waals surface area contributed by atoms with E-state index in [1.54, 1.807) is 0 Å². The van der Waals surface area contributed by atoms with Crippen LogP contribution in [0.3, 0.4) is 0 Å². The van der Waals surface area contributed by atoms with Crippen molar-refractivity contribution in [3.8, 4) is 0 Å². The van der Waals surface area contributed by atoms with E-state index >= 15 is 0 Å². The molecule has 130 valence electrons. The van der Waals surface area contributed by atoms with Gasteiger partial charge in [0.15, 0.2) is 5.78 Å². The SMILES string of the molecule is C[C@H](O)[C@H](O)[C@@H](O)[C@@H](O)C(=O)C1O[C@H](CO)[C@@H](O)[C@H](O)[C@@H]1O. The second-order valence-electron chi connectivity index (χ2n) is 5.32. The van der Waals surface area contributed by atoms with E-state index in [0.29, 0.717) is 0 Å². The number of Topliss-reactive ketones (excluding diaryl/α,β-unsaturated/α-hetero) is 1. The van der Waals surface area contributed by atoms with Crippen LogP contribution in [0, 0.1) is 0 Å². The summed E-state index contributed by atoms with van der Waals surface area (Å²) in [6.07, 6.45) is -16.1. The molecule has 9 atom stereocenters. The maximum absolute atomic E-state index is 12.0. The molecule has 1 rings (SSSR count). The monoisotopic (exact) mass is 326 g/mol. The van der Waals surface area contributed by atoms with Gasteiger partial charge < -0.3 is 45.6 Å². The van der Waals surface area contributed by atoms with Crippen LogP contribution in [0.2, 0.25) is 0 Å². The number of ketones is 1. The minimum Gasteiger partial charge on any atom is -0.394 e. The summed E-state index contributed by atoms with van der Waals surface area (Å²) in [5.41, 5.74) is 0. The second-order valence-corrected chi connectivity index (χ2v) is 5.32.